The van der Waals surface area contributed by atoms with Gasteiger partial charge in [-0.2, -0.15) is 0 Å². The number of carbonyl (C=O) groups excluding carboxylic acids is 2. The maximum Gasteiger partial charge on any atom is 0.344 e. The van der Waals surface area contributed by atoms with Gasteiger partial charge in [0.1, 0.15) is 5.75 Å². The molecule has 0 aliphatic rings. The van der Waals surface area contributed by atoms with E-state index < -0.39 is 18.0 Å². The summed E-state index contributed by atoms with van der Waals surface area (Å²) in [5.74, 6) is -0.421. The second kappa shape index (κ2) is 8.36. The summed E-state index contributed by atoms with van der Waals surface area (Å²) < 4.78 is 10.6. The van der Waals surface area contributed by atoms with E-state index in [-0.39, 0.29) is 6.61 Å². The molecule has 0 saturated carbocycles. The van der Waals surface area contributed by atoms with E-state index in [1.54, 1.807) is 18.2 Å². The molecule has 3 rings (SSSR count). The number of fused-ring (bicyclic) bond motifs is 1. The molecule has 0 spiro atoms. The van der Waals surface area contributed by atoms with Crippen molar-refractivity contribution in [3.63, 3.8) is 0 Å². The lowest BCUT2D eigenvalue weighted by molar-refractivity contribution is -0.155. The van der Waals surface area contributed by atoms with Crippen LogP contribution in [0, 0.1) is 6.92 Å². The van der Waals surface area contributed by atoms with Gasteiger partial charge in [-0.1, -0.05) is 48.0 Å². The Morgan fingerprint density at radius 1 is 0.963 bits per heavy atom. The highest BCUT2D eigenvalue weighted by Gasteiger charge is 2.18. The molecule has 0 aromatic heterocycles. The maximum atomic E-state index is 12.1. The van der Waals surface area contributed by atoms with Gasteiger partial charge in [-0.25, -0.2) is 4.79 Å². The zero-order valence-electron chi connectivity index (χ0n) is 15.3. The standard InChI is InChI=1S/C22H21NO4/c1-15-7-10-19(11-8-15)23-22(25)16(2)27-21(24)14-26-20-12-9-17-5-3-4-6-18(17)13-20/h3-13,16H,14H2,1-2H3,(H,23,25)/t16-/m1/s1. The van der Waals surface area contributed by atoms with Crippen molar-refractivity contribution in [1.29, 1.82) is 0 Å². The van der Waals surface area contributed by atoms with Gasteiger partial charge < -0.3 is 14.8 Å². The first kappa shape index (κ1) is 18.5. The van der Waals surface area contributed by atoms with Crippen molar-refractivity contribution in [3.05, 3.63) is 72.3 Å². The van der Waals surface area contributed by atoms with Crippen molar-refractivity contribution in [2.45, 2.75) is 20.0 Å². The third-order valence-corrected chi connectivity index (χ3v) is 4.07. The number of ether oxygens (including phenoxy) is 2. The van der Waals surface area contributed by atoms with Crippen LogP contribution in [0.3, 0.4) is 0 Å². The van der Waals surface area contributed by atoms with Gasteiger partial charge in [-0.05, 0) is 48.9 Å². The van der Waals surface area contributed by atoms with Crippen LogP contribution in [0.5, 0.6) is 5.75 Å². The third kappa shape index (κ3) is 5.07. The second-order valence-electron chi connectivity index (χ2n) is 6.28. The summed E-state index contributed by atoms with van der Waals surface area (Å²) in [6, 6.07) is 20.8. The van der Waals surface area contributed by atoms with Crippen molar-refractivity contribution < 1.29 is 19.1 Å². The van der Waals surface area contributed by atoms with Crippen LogP contribution in [0.2, 0.25) is 0 Å². The Labute approximate surface area is 157 Å². The molecule has 1 atom stereocenters. The molecule has 138 valence electrons. The molecule has 5 heteroatoms. The molecule has 0 radical (unpaired) electrons. The van der Waals surface area contributed by atoms with Gasteiger partial charge in [0.25, 0.3) is 5.91 Å². The highest BCUT2D eigenvalue weighted by molar-refractivity contribution is 5.95. The van der Waals surface area contributed by atoms with Crippen molar-refractivity contribution in [2.75, 3.05) is 11.9 Å². The van der Waals surface area contributed by atoms with E-state index in [4.69, 9.17) is 9.47 Å². The predicted molar refractivity (Wildman–Crippen MR) is 105 cm³/mol. The lowest BCUT2D eigenvalue weighted by atomic mass is 10.1. The van der Waals surface area contributed by atoms with Gasteiger partial charge in [0.2, 0.25) is 0 Å². The Balaban J connectivity index is 1.50. The van der Waals surface area contributed by atoms with E-state index in [1.807, 2.05) is 55.5 Å². The SMILES string of the molecule is Cc1ccc(NC(=O)[C@@H](C)OC(=O)COc2ccc3ccccc3c2)cc1. The minimum atomic E-state index is -0.918. The fourth-order valence-corrected chi connectivity index (χ4v) is 2.56. The molecule has 0 bridgehead atoms. The zero-order valence-corrected chi connectivity index (χ0v) is 15.3. The van der Waals surface area contributed by atoms with Crippen molar-refractivity contribution >= 4 is 28.3 Å². The summed E-state index contributed by atoms with van der Waals surface area (Å²) in [4.78, 5) is 24.1. The van der Waals surface area contributed by atoms with Gasteiger partial charge in [-0.15, -0.1) is 0 Å². The summed E-state index contributed by atoms with van der Waals surface area (Å²) in [5, 5.41) is 4.83. The first-order chi connectivity index (χ1) is 13.0. The molecule has 3 aromatic carbocycles. The smallest absolute Gasteiger partial charge is 0.344 e. The normalized spacial score (nSPS) is 11.6. The number of esters is 1. The monoisotopic (exact) mass is 363 g/mol. The number of amides is 1. The minimum Gasteiger partial charge on any atom is -0.482 e. The average molecular weight is 363 g/mol. The van der Waals surface area contributed by atoms with E-state index in [0.717, 1.165) is 16.3 Å². The zero-order chi connectivity index (χ0) is 19.2. The first-order valence-corrected chi connectivity index (χ1v) is 8.70. The summed E-state index contributed by atoms with van der Waals surface area (Å²) in [6.45, 7) is 3.23. The van der Waals surface area contributed by atoms with Crippen LogP contribution < -0.4 is 10.1 Å². The number of carbonyl (C=O) groups is 2. The molecule has 0 unspecified atom stereocenters. The van der Waals surface area contributed by atoms with Crippen LogP contribution in [-0.4, -0.2) is 24.6 Å². The van der Waals surface area contributed by atoms with Gasteiger partial charge in [0.15, 0.2) is 12.7 Å². The third-order valence-electron chi connectivity index (χ3n) is 4.07. The highest BCUT2D eigenvalue weighted by atomic mass is 16.6. The van der Waals surface area contributed by atoms with Crippen LogP contribution in [-0.2, 0) is 14.3 Å². The quantitative estimate of drug-likeness (QED) is 0.670. The number of aryl methyl sites for hydroxylation is 1. The molecule has 3 aromatic rings. The number of hydrogen-bond donors (Lipinski definition) is 1. The Bertz CT molecular complexity index is 950. The minimum absolute atomic E-state index is 0.263. The summed E-state index contributed by atoms with van der Waals surface area (Å²) in [7, 11) is 0. The van der Waals surface area contributed by atoms with E-state index in [1.165, 1.54) is 6.92 Å². The molecule has 27 heavy (non-hydrogen) atoms. The van der Waals surface area contributed by atoms with Gasteiger partial charge in [-0.3, -0.25) is 4.79 Å². The van der Waals surface area contributed by atoms with E-state index in [2.05, 4.69) is 5.32 Å². The van der Waals surface area contributed by atoms with E-state index in [9.17, 15) is 9.59 Å². The molecule has 5 nitrogen and oxygen atoms in total. The highest BCUT2D eigenvalue weighted by Crippen LogP contribution is 2.20. The molecule has 1 amide bonds. The lowest BCUT2D eigenvalue weighted by Crippen LogP contribution is -2.31. The molecule has 1 N–H and O–H groups in total. The molecular weight excluding hydrogens is 342 g/mol. The fourth-order valence-electron chi connectivity index (χ4n) is 2.56. The lowest BCUT2D eigenvalue weighted by Gasteiger charge is -2.14. The molecule has 0 aliphatic carbocycles. The molecule has 0 fully saturated rings. The van der Waals surface area contributed by atoms with Crippen molar-refractivity contribution in [2.24, 2.45) is 0 Å². The predicted octanol–water partition coefficient (Wildman–Crippen LogP) is 4.10. The number of hydrogen-bond acceptors (Lipinski definition) is 4. The second-order valence-corrected chi connectivity index (χ2v) is 6.28. The molecule has 0 aliphatic heterocycles. The van der Waals surface area contributed by atoms with Gasteiger partial charge in [0.05, 0.1) is 0 Å². The van der Waals surface area contributed by atoms with Gasteiger partial charge in [0, 0.05) is 5.69 Å². The van der Waals surface area contributed by atoms with E-state index >= 15 is 0 Å². The van der Waals surface area contributed by atoms with Crippen LogP contribution in [0.1, 0.15) is 12.5 Å². The summed E-state index contributed by atoms with van der Waals surface area (Å²) in [5.41, 5.74) is 1.75. The number of rotatable bonds is 6. The number of benzene rings is 3. The van der Waals surface area contributed by atoms with Crippen molar-refractivity contribution in [3.8, 4) is 5.75 Å². The Kier molecular flexibility index (Phi) is 5.71. The van der Waals surface area contributed by atoms with Crippen molar-refractivity contribution in [1.82, 2.24) is 0 Å². The summed E-state index contributed by atoms with van der Waals surface area (Å²) in [6.07, 6.45) is -0.918. The van der Waals surface area contributed by atoms with Crippen LogP contribution >= 0.6 is 0 Å². The Morgan fingerprint density at radius 3 is 2.41 bits per heavy atom. The average Bonchev–Trinajstić information content (AvgIpc) is 2.68. The van der Waals surface area contributed by atoms with Gasteiger partial charge >= 0.3 is 5.97 Å². The molecule has 0 heterocycles. The van der Waals surface area contributed by atoms with Crippen LogP contribution in [0.15, 0.2) is 66.7 Å². The van der Waals surface area contributed by atoms with Crippen LogP contribution in [0.4, 0.5) is 5.69 Å². The fraction of sp³-hybridized carbons (Fsp3) is 0.182. The van der Waals surface area contributed by atoms with E-state index in [0.29, 0.717) is 11.4 Å². The van der Waals surface area contributed by atoms with Crippen LogP contribution in [0.25, 0.3) is 10.8 Å². The number of anilines is 1. The Hall–Kier alpha value is -3.34. The molecular formula is C22H21NO4. The Morgan fingerprint density at radius 2 is 1.67 bits per heavy atom. The number of nitrogens with one attached hydrogen (secondary N) is 1. The largest absolute Gasteiger partial charge is 0.482 e. The first-order valence-electron chi connectivity index (χ1n) is 8.70. The maximum absolute atomic E-state index is 12.1. The topological polar surface area (TPSA) is 64.6 Å². The molecule has 0 saturated heterocycles. The summed E-state index contributed by atoms with van der Waals surface area (Å²) >= 11 is 0.